The number of rotatable bonds is 1. The fourth-order valence-electron chi connectivity index (χ4n) is 0.893. The van der Waals surface area contributed by atoms with Crippen molar-refractivity contribution < 1.29 is 4.74 Å². The summed E-state index contributed by atoms with van der Waals surface area (Å²) in [5.74, 6) is 0.865. The van der Waals surface area contributed by atoms with Crippen LogP contribution in [0.2, 0.25) is 0 Å². The van der Waals surface area contributed by atoms with Gasteiger partial charge < -0.3 is 4.74 Å². The molecule has 0 aliphatic carbocycles. The molecule has 0 saturated heterocycles. The van der Waals surface area contributed by atoms with E-state index in [1.54, 1.807) is 7.11 Å². The predicted octanol–water partition coefficient (Wildman–Crippen LogP) is 0.746. The van der Waals surface area contributed by atoms with Crippen LogP contribution in [0, 0.1) is 0 Å². The molecule has 4 nitrogen and oxygen atoms in total. The molecule has 0 aromatic carbocycles. The van der Waals surface area contributed by atoms with Gasteiger partial charge in [-0.05, 0) is 13.3 Å². The highest BCUT2D eigenvalue weighted by Crippen LogP contribution is 2.03. The first kappa shape index (κ1) is 8.04. The molecule has 1 aliphatic heterocycles. The van der Waals surface area contributed by atoms with Crippen molar-refractivity contribution in [2.75, 3.05) is 7.11 Å². The minimum absolute atomic E-state index is 0.0335. The van der Waals surface area contributed by atoms with Crippen LogP contribution in [-0.2, 0) is 4.74 Å². The standard InChI is InChI=1S/C7H13N3O/c1-4-6-8-5(2)9-7(10-6)11-3/h6H,4H2,1-3H3,(H,8,9,10). The molecule has 0 aromatic heterocycles. The van der Waals surface area contributed by atoms with Crippen molar-refractivity contribution in [2.45, 2.75) is 26.4 Å². The lowest BCUT2D eigenvalue weighted by atomic mass is 10.4. The Balaban J connectivity index is 2.66. The highest BCUT2D eigenvalue weighted by molar-refractivity contribution is 5.97. The Labute approximate surface area is 66.4 Å². The molecule has 0 radical (unpaired) electrons. The molecular weight excluding hydrogens is 142 g/mol. The Morgan fingerprint density at radius 1 is 1.55 bits per heavy atom. The normalized spacial score (nSPS) is 23.4. The molecule has 1 atom stereocenters. The number of hydrogen-bond donors (Lipinski definition) is 1. The average molecular weight is 155 g/mol. The van der Waals surface area contributed by atoms with Crippen LogP contribution in [-0.4, -0.2) is 25.1 Å². The number of aliphatic imine (C=N–C) groups is 2. The predicted molar refractivity (Wildman–Crippen MR) is 44.8 cm³/mol. The van der Waals surface area contributed by atoms with Gasteiger partial charge in [-0.1, -0.05) is 6.92 Å². The van der Waals surface area contributed by atoms with E-state index in [2.05, 4.69) is 15.3 Å². The molecule has 1 heterocycles. The van der Waals surface area contributed by atoms with Crippen LogP contribution in [0.1, 0.15) is 20.3 Å². The van der Waals surface area contributed by atoms with E-state index < -0.39 is 0 Å². The summed E-state index contributed by atoms with van der Waals surface area (Å²) < 4.78 is 4.95. The second-order valence-corrected chi connectivity index (χ2v) is 2.37. The fourth-order valence-corrected chi connectivity index (χ4v) is 0.893. The summed E-state index contributed by atoms with van der Waals surface area (Å²) in [4.78, 5) is 8.40. The van der Waals surface area contributed by atoms with Gasteiger partial charge in [0.2, 0.25) is 0 Å². The molecule has 0 aromatic rings. The van der Waals surface area contributed by atoms with Crippen molar-refractivity contribution in [3.05, 3.63) is 0 Å². The van der Waals surface area contributed by atoms with E-state index in [0.29, 0.717) is 6.02 Å². The smallest absolute Gasteiger partial charge is 0.291 e. The van der Waals surface area contributed by atoms with Gasteiger partial charge in [-0.3, -0.25) is 5.32 Å². The van der Waals surface area contributed by atoms with E-state index in [9.17, 15) is 0 Å². The fraction of sp³-hybridized carbons (Fsp3) is 0.714. The quantitative estimate of drug-likeness (QED) is 0.607. The average Bonchev–Trinajstić information content (AvgIpc) is 2.03. The van der Waals surface area contributed by atoms with Gasteiger partial charge in [-0.2, -0.15) is 0 Å². The molecule has 0 amide bonds. The van der Waals surface area contributed by atoms with Crippen LogP contribution >= 0.6 is 0 Å². The summed E-state index contributed by atoms with van der Waals surface area (Å²) in [6.07, 6.45) is 0.942. The molecule has 0 fully saturated rings. The molecule has 1 N–H and O–H groups in total. The Kier molecular flexibility index (Phi) is 2.46. The van der Waals surface area contributed by atoms with Crippen molar-refractivity contribution in [3.8, 4) is 0 Å². The van der Waals surface area contributed by atoms with E-state index in [1.165, 1.54) is 0 Å². The van der Waals surface area contributed by atoms with Crippen molar-refractivity contribution in [2.24, 2.45) is 9.98 Å². The highest BCUT2D eigenvalue weighted by Gasteiger charge is 2.11. The van der Waals surface area contributed by atoms with Crippen LogP contribution in [0.25, 0.3) is 0 Å². The first-order chi connectivity index (χ1) is 5.26. The third-order valence-electron chi connectivity index (χ3n) is 1.46. The largest absolute Gasteiger partial charge is 0.468 e. The Hall–Kier alpha value is -1.06. The van der Waals surface area contributed by atoms with Gasteiger partial charge in [0.25, 0.3) is 6.02 Å². The van der Waals surface area contributed by atoms with Crippen molar-refractivity contribution in [1.82, 2.24) is 5.32 Å². The number of nitrogens with zero attached hydrogens (tertiary/aromatic N) is 2. The topological polar surface area (TPSA) is 46.0 Å². The Morgan fingerprint density at radius 3 is 2.82 bits per heavy atom. The van der Waals surface area contributed by atoms with Crippen LogP contribution < -0.4 is 5.32 Å². The lowest BCUT2D eigenvalue weighted by Gasteiger charge is -2.16. The number of hydrogen-bond acceptors (Lipinski definition) is 4. The zero-order valence-electron chi connectivity index (χ0n) is 7.09. The van der Waals surface area contributed by atoms with Gasteiger partial charge in [0.15, 0.2) is 0 Å². The molecular formula is C7H13N3O. The monoisotopic (exact) mass is 155 g/mol. The Bertz CT molecular complexity index is 198. The van der Waals surface area contributed by atoms with E-state index in [1.807, 2.05) is 13.8 Å². The SMILES string of the molecule is CCC1N=C(C)NC(OC)=N1. The summed E-state index contributed by atoms with van der Waals surface area (Å²) in [7, 11) is 1.59. The zero-order chi connectivity index (χ0) is 8.27. The lowest BCUT2D eigenvalue weighted by Crippen LogP contribution is -2.35. The maximum absolute atomic E-state index is 4.95. The van der Waals surface area contributed by atoms with Crippen LogP contribution in [0.5, 0.6) is 0 Å². The van der Waals surface area contributed by atoms with Gasteiger partial charge in [0.05, 0.1) is 7.11 Å². The van der Waals surface area contributed by atoms with E-state index >= 15 is 0 Å². The van der Waals surface area contributed by atoms with Gasteiger partial charge in [0.1, 0.15) is 12.0 Å². The lowest BCUT2D eigenvalue weighted by molar-refractivity contribution is 0.380. The third-order valence-corrected chi connectivity index (χ3v) is 1.46. The van der Waals surface area contributed by atoms with E-state index in [4.69, 9.17) is 4.74 Å². The van der Waals surface area contributed by atoms with Gasteiger partial charge in [-0.25, -0.2) is 9.98 Å². The summed E-state index contributed by atoms with van der Waals surface area (Å²) in [6.45, 7) is 3.94. The van der Waals surface area contributed by atoms with Gasteiger partial charge in [0, 0.05) is 0 Å². The van der Waals surface area contributed by atoms with Crippen LogP contribution in [0.15, 0.2) is 9.98 Å². The molecule has 0 saturated carbocycles. The molecule has 1 rings (SSSR count). The molecule has 11 heavy (non-hydrogen) atoms. The summed E-state index contributed by atoms with van der Waals surface area (Å²) in [5, 5.41) is 2.91. The minimum atomic E-state index is 0.0335. The van der Waals surface area contributed by atoms with Crippen molar-refractivity contribution in [3.63, 3.8) is 0 Å². The number of ether oxygens (including phenoxy) is 1. The molecule has 1 aliphatic rings. The van der Waals surface area contributed by atoms with Crippen LogP contribution in [0.4, 0.5) is 0 Å². The third kappa shape index (κ3) is 1.93. The number of amidine groups is 2. The Morgan fingerprint density at radius 2 is 2.27 bits per heavy atom. The molecule has 0 bridgehead atoms. The van der Waals surface area contributed by atoms with Gasteiger partial charge >= 0.3 is 0 Å². The second-order valence-electron chi connectivity index (χ2n) is 2.37. The molecule has 62 valence electrons. The van der Waals surface area contributed by atoms with Crippen LogP contribution in [0.3, 0.4) is 0 Å². The first-order valence-electron chi connectivity index (χ1n) is 3.69. The van der Waals surface area contributed by atoms with Crippen molar-refractivity contribution >= 4 is 11.9 Å². The maximum Gasteiger partial charge on any atom is 0.291 e. The first-order valence-corrected chi connectivity index (χ1v) is 3.69. The van der Waals surface area contributed by atoms with E-state index in [0.717, 1.165) is 12.3 Å². The minimum Gasteiger partial charge on any atom is -0.468 e. The number of nitrogens with one attached hydrogen (secondary N) is 1. The highest BCUT2D eigenvalue weighted by atomic mass is 16.5. The maximum atomic E-state index is 4.95. The molecule has 1 unspecified atom stereocenters. The van der Waals surface area contributed by atoms with Gasteiger partial charge in [-0.15, -0.1) is 0 Å². The summed E-state index contributed by atoms with van der Waals surface area (Å²) in [6, 6.07) is 0.560. The summed E-state index contributed by atoms with van der Waals surface area (Å²) >= 11 is 0. The van der Waals surface area contributed by atoms with E-state index in [-0.39, 0.29) is 6.17 Å². The zero-order valence-corrected chi connectivity index (χ0v) is 7.09. The second kappa shape index (κ2) is 3.37. The number of methoxy groups -OCH3 is 1. The molecule has 4 heteroatoms. The molecule has 0 spiro atoms. The van der Waals surface area contributed by atoms with Crippen molar-refractivity contribution in [1.29, 1.82) is 0 Å². The summed E-state index contributed by atoms with van der Waals surface area (Å²) in [5.41, 5.74) is 0.